The summed E-state index contributed by atoms with van der Waals surface area (Å²) < 4.78 is 26.7. The first-order valence-corrected chi connectivity index (χ1v) is 12.6. The smallest absolute Gasteiger partial charge is 0.259 e. The zero-order valence-electron chi connectivity index (χ0n) is 17.4. The Balaban J connectivity index is 1.74. The summed E-state index contributed by atoms with van der Waals surface area (Å²) in [4.78, 5) is 19.7. The number of halogens is 1. The van der Waals surface area contributed by atoms with Crippen LogP contribution in [0.1, 0.15) is 49.2 Å². The van der Waals surface area contributed by atoms with Gasteiger partial charge in [-0.15, -0.1) is 11.3 Å². The van der Waals surface area contributed by atoms with E-state index in [1.807, 2.05) is 5.38 Å². The highest BCUT2D eigenvalue weighted by Gasteiger charge is 2.25. The van der Waals surface area contributed by atoms with Gasteiger partial charge in [0.05, 0.1) is 21.2 Å². The Labute approximate surface area is 187 Å². The van der Waals surface area contributed by atoms with E-state index >= 15 is 0 Å². The average molecular weight is 471 g/mol. The number of amides is 1. The Kier molecular flexibility index (Phi) is 7.52. The topological polar surface area (TPSA) is 82.6 Å². The van der Waals surface area contributed by atoms with Gasteiger partial charge in [0.1, 0.15) is 0 Å². The van der Waals surface area contributed by atoms with Crippen molar-refractivity contribution in [2.24, 2.45) is 0 Å². The minimum Gasteiger partial charge on any atom is -0.298 e. The second-order valence-electron chi connectivity index (χ2n) is 7.69. The van der Waals surface area contributed by atoms with Crippen LogP contribution in [0.4, 0.5) is 5.13 Å². The third-order valence-corrected chi connectivity index (χ3v) is 8.36. The van der Waals surface area contributed by atoms with Gasteiger partial charge in [-0.3, -0.25) is 15.0 Å². The molecule has 1 fully saturated rings. The monoisotopic (exact) mass is 470 g/mol. The molecule has 1 aromatic carbocycles. The van der Waals surface area contributed by atoms with Crippen molar-refractivity contribution in [1.82, 2.24) is 14.2 Å². The quantitative estimate of drug-likeness (QED) is 0.659. The number of nitrogens with one attached hydrogen (secondary N) is 1. The van der Waals surface area contributed by atoms with Crippen LogP contribution in [0.2, 0.25) is 5.02 Å². The largest absolute Gasteiger partial charge is 0.298 e. The number of likely N-dealkylation sites (tertiary alicyclic amines) is 1. The number of benzene rings is 1. The standard InChI is InChI=1S/C20H27ClN4O3S2/c1-14(2)24(3)30(27,28)16-7-8-18(21)17(11-16)19(26)23-20-22-15(13-29-20)12-25-9-5-4-6-10-25/h7-8,11,13-14H,4-6,9-10,12H2,1-3H3,(H,22,23,26). The van der Waals surface area contributed by atoms with Crippen molar-refractivity contribution in [3.8, 4) is 0 Å². The Hall–Kier alpha value is -1.52. The predicted octanol–water partition coefficient (Wildman–Crippen LogP) is 4.06. The van der Waals surface area contributed by atoms with Gasteiger partial charge < -0.3 is 0 Å². The lowest BCUT2D eigenvalue weighted by Crippen LogP contribution is -2.33. The molecule has 0 atom stereocenters. The lowest BCUT2D eigenvalue weighted by molar-refractivity contribution is 0.102. The van der Waals surface area contributed by atoms with Crippen molar-refractivity contribution in [2.75, 3.05) is 25.5 Å². The molecule has 1 N–H and O–H groups in total. The number of aromatic nitrogens is 1. The van der Waals surface area contributed by atoms with E-state index in [4.69, 9.17) is 11.6 Å². The van der Waals surface area contributed by atoms with Crippen molar-refractivity contribution in [2.45, 2.75) is 50.6 Å². The second-order valence-corrected chi connectivity index (χ2v) is 11.0. The molecular weight excluding hydrogens is 444 g/mol. The van der Waals surface area contributed by atoms with Gasteiger partial charge in [-0.2, -0.15) is 4.31 Å². The van der Waals surface area contributed by atoms with E-state index in [0.29, 0.717) is 5.13 Å². The lowest BCUT2D eigenvalue weighted by Gasteiger charge is -2.25. The fraction of sp³-hybridized carbons (Fsp3) is 0.500. The van der Waals surface area contributed by atoms with Gasteiger partial charge in [-0.05, 0) is 58.0 Å². The first-order valence-electron chi connectivity index (χ1n) is 9.94. The van der Waals surface area contributed by atoms with Crippen LogP contribution < -0.4 is 5.32 Å². The van der Waals surface area contributed by atoms with Crippen molar-refractivity contribution >= 4 is 44.0 Å². The Morgan fingerprint density at radius 3 is 2.67 bits per heavy atom. The number of carbonyl (C=O) groups is 1. The number of thiazole rings is 1. The fourth-order valence-corrected chi connectivity index (χ4v) is 5.53. The van der Waals surface area contributed by atoms with Gasteiger partial charge >= 0.3 is 0 Å². The molecule has 2 aromatic rings. The molecule has 0 unspecified atom stereocenters. The van der Waals surface area contributed by atoms with Crippen LogP contribution in [0.5, 0.6) is 0 Å². The summed E-state index contributed by atoms with van der Waals surface area (Å²) in [6, 6.07) is 3.94. The SMILES string of the molecule is CC(C)N(C)S(=O)(=O)c1ccc(Cl)c(C(=O)Nc2nc(CN3CCCCC3)cs2)c1. The summed E-state index contributed by atoms with van der Waals surface area (Å²) in [5.74, 6) is -0.483. The van der Waals surface area contributed by atoms with E-state index in [9.17, 15) is 13.2 Å². The van der Waals surface area contributed by atoms with Gasteiger partial charge in [0.25, 0.3) is 5.91 Å². The molecule has 0 saturated carbocycles. The molecule has 0 aliphatic carbocycles. The Bertz CT molecular complexity index is 1000. The molecule has 0 spiro atoms. The van der Waals surface area contributed by atoms with Crippen LogP contribution >= 0.6 is 22.9 Å². The minimum atomic E-state index is -3.72. The molecule has 10 heteroatoms. The molecule has 0 radical (unpaired) electrons. The maximum atomic E-state index is 12.8. The number of nitrogens with zero attached hydrogens (tertiary/aromatic N) is 3. The van der Waals surface area contributed by atoms with E-state index in [2.05, 4.69) is 15.2 Å². The van der Waals surface area contributed by atoms with Crippen LogP contribution in [0, 0.1) is 0 Å². The maximum Gasteiger partial charge on any atom is 0.259 e. The molecule has 1 saturated heterocycles. The average Bonchev–Trinajstić information content (AvgIpc) is 3.14. The Morgan fingerprint density at radius 1 is 1.30 bits per heavy atom. The zero-order valence-corrected chi connectivity index (χ0v) is 19.8. The van der Waals surface area contributed by atoms with Gasteiger partial charge in [0, 0.05) is 25.0 Å². The van der Waals surface area contributed by atoms with Crippen LogP contribution in [0.15, 0.2) is 28.5 Å². The highest BCUT2D eigenvalue weighted by molar-refractivity contribution is 7.89. The van der Waals surface area contributed by atoms with E-state index < -0.39 is 15.9 Å². The maximum absolute atomic E-state index is 12.8. The number of hydrogen-bond acceptors (Lipinski definition) is 6. The van der Waals surface area contributed by atoms with E-state index in [-0.39, 0.29) is 21.5 Å². The van der Waals surface area contributed by atoms with Crippen LogP contribution in [-0.2, 0) is 16.6 Å². The van der Waals surface area contributed by atoms with Crippen molar-refractivity contribution in [3.63, 3.8) is 0 Å². The molecule has 7 nitrogen and oxygen atoms in total. The summed E-state index contributed by atoms with van der Waals surface area (Å²) in [6.07, 6.45) is 3.69. The third kappa shape index (κ3) is 5.39. The van der Waals surface area contributed by atoms with E-state index in [0.717, 1.165) is 25.3 Å². The fourth-order valence-electron chi connectivity index (χ4n) is 3.23. The minimum absolute atomic E-state index is 0.0261. The summed E-state index contributed by atoms with van der Waals surface area (Å²) >= 11 is 7.54. The van der Waals surface area contributed by atoms with Crippen molar-refractivity contribution < 1.29 is 13.2 Å². The molecular formula is C20H27ClN4O3S2. The normalized spacial score (nSPS) is 15.7. The second kappa shape index (κ2) is 9.74. The van der Waals surface area contributed by atoms with Gasteiger partial charge in [-0.25, -0.2) is 13.4 Å². The third-order valence-electron chi connectivity index (χ3n) is 5.19. The predicted molar refractivity (Wildman–Crippen MR) is 121 cm³/mol. The number of hydrogen-bond donors (Lipinski definition) is 1. The van der Waals surface area contributed by atoms with E-state index in [1.54, 1.807) is 13.8 Å². The highest BCUT2D eigenvalue weighted by Crippen LogP contribution is 2.25. The van der Waals surface area contributed by atoms with Gasteiger partial charge in [-0.1, -0.05) is 18.0 Å². The molecule has 1 aliphatic heterocycles. The molecule has 1 amide bonds. The summed E-state index contributed by atoms with van der Waals surface area (Å²) in [6.45, 7) is 6.47. The molecule has 0 bridgehead atoms. The molecule has 1 aliphatic rings. The molecule has 1 aromatic heterocycles. The Morgan fingerprint density at radius 2 is 2.00 bits per heavy atom. The summed E-state index contributed by atoms with van der Waals surface area (Å²) in [5, 5.41) is 5.33. The van der Waals surface area contributed by atoms with Crippen LogP contribution in [0.3, 0.4) is 0 Å². The van der Waals surface area contributed by atoms with Crippen LogP contribution in [-0.4, -0.2) is 54.7 Å². The first-order chi connectivity index (χ1) is 14.2. The highest BCUT2D eigenvalue weighted by atomic mass is 35.5. The molecule has 2 heterocycles. The number of carbonyl (C=O) groups excluding carboxylic acids is 1. The molecule has 30 heavy (non-hydrogen) atoms. The number of sulfonamides is 1. The van der Waals surface area contributed by atoms with E-state index in [1.165, 1.54) is 60.2 Å². The number of anilines is 1. The molecule has 3 rings (SSSR count). The van der Waals surface area contributed by atoms with Gasteiger partial charge in [0.15, 0.2) is 5.13 Å². The lowest BCUT2D eigenvalue weighted by atomic mass is 10.1. The number of rotatable bonds is 7. The summed E-state index contributed by atoms with van der Waals surface area (Å²) in [5.41, 5.74) is 1.01. The van der Waals surface area contributed by atoms with Crippen molar-refractivity contribution in [3.05, 3.63) is 39.9 Å². The zero-order chi connectivity index (χ0) is 21.9. The number of piperidine rings is 1. The van der Waals surface area contributed by atoms with Crippen molar-refractivity contribution in [1.29, 1.82) is 0 Å². The van der Waals surface area contributed by atoms with Crippen LogP contribution in [0.25, 0.3) is 0 Å². The summed E-state index contributed by atoms with van der Waals surface area (Å²) in [7, 11) is -2.21. The first kappa shape index (κ1) is 23.1. The molecule has 164 valence electrons. The van der Waals surface area contributed by atoms with Gasteiger partial charge in [0.2, 0.25) is 10.0 Å².